The quantitative estimate of drug-likeness (QED) is 0.0426. The van der Waals surface area contributed by atoms with E-state index in [2.05, 4.69) is 62.5 Å². The van der Waals surface area contributed by atoms with Gasteiger partial charge in [0.2, 0.25) is 0 Å². The van der Waals surface area contributed by atoms with Crippen LogP contribution in [0.15, 0.2) is 141 Å². The smallest absolute Gasteiger partial charge is 0.501 e. The van der Waals surface area contributed by atoms with E-state index in [0.29, 0.717) is 21.4 Å². The van der Waals surface area contributed by atoms with Gasteiger partial charge in [-0.1, -0.05) is 54.1 Å². The molecule has 6 aromatic rings. The zero-order chi connectivity index (χ0) is 44.9. The van der Waals surface area contributed by atoms with Gasteiger partial charge in [-0.15, -0.1) is 11.8 Å². The number of benzene rings is 5. The van der Waals surface area contributed by atoms with E-state index in [4.69, 9.17) is 11.6 Å². The second-order valence-corrected chi connectivity index (χ2v) is 21.5. The second kappa shape index (κ2) is 20.2. The molecule has 1 aromatic heterocycles. The molecule has 0 amide bonds. The fraction of sp³-hybridized carbons (Fsp3) is 0.277. The number of anilines is 4. The SMILES string of the molecule is CCn1c(C)c([S+]([O-])C(C)C)c(-c2cccc(N3CCN(c4ccc(NSc5ccc(NCCSc6ccccc6)c(S(=O)(=O)C(F)(F)F)c5)cc4)CC3)c2)c1-c1ccc(Cl)cc1. The van der Waals surface area contributed by atoms with Gasteiger partial charge in [-0.25, -0.2) is 8.42 Å². The lowest BCUT2D eigenvalue weighted by atomic mass is 10.00. The summed E-state index contributed by atoms with van der Waals surface area (Å²) >= 11 is 7.62. The number of hydrogen-bond donors (Lipinski definition) is 2. The Bertz CT molecular complexity index is 2600. The molecule has 1 saturated heterocycles. The third-order valence-corrected chi connectivity index (χ3v) is 16.2. The maximum atomic E-state index is 14.0. The summed E-state index contributed by atoms with van der Waals surface area (Å²) < 4.78 is 86.0. The van der Waals surface area contributed by atoms with Crippen LogP contribution in [-0.2, 0) is 27.6 Å². The van der Waals surface area contributed by atoms with Crippen molar-refractivity contribution >= 4 is 79.1 Å². The molecule has 2 N–H and O–H groups in total. The van der Waals surface area contributed by atoms with Crippen LogP contribution in [0.25, 0.3) is 22.4 Å². The van der Waals surface area contributed by atoms with Gasteiger partial charge >= 0.3 is 5.51 Å². The Labute approximate surface area is 384 Å². The third-order valence-electron chi connectivity index (χ3n) is 10.8. The molecule has 7 rings (SSSR count). The topological polar surface area (TPSA) is 92.7 Å². The number of thioether (sulfide) groups is 1. The van der Waals surface area contributed by atoms with Gasteiger partial charge in [-0.3, -0.25) is 0 Å². The fourth-order valence-corrected chi connectivity index (χ4v) is 11.6. The molecule has 0 saturated carbocycles. The lowest BCUT2D eigenvalue weighted by Crippen LogP contribution is -2.46. The predicted molar refractivity (Wildman–Crippen MR) is 258 cm³/mol. The van der Waals surface area contributed by atoms with Gasteiger partial charge in [0.15, 0.2) is 4.90 Å². The highest BCUT2D eigenvalue weighted by Crippen LogP contribution is 2.44. The van der Waals surface area contributed by atoms with Crippen molar-refractivity contribution in [2.75, 3.05) is 58.3 Å². The van der Waals surface area contributed by atoms with E-state index in [1.54, 1.807) is 6.07 Å². The van der Waals surface area contributed by atoms with Gasteiger partial charge in [-0.05, 0) is 141 Å². The average molecular weight is 953 g/mol. The minimum atomic E-state index is -5.62. The zero-order valence-corrected chi connectivity index (χ0v) is 39.3. The van der Waals surface area contributed by atoms with Crippen LogP contribution in [0.5, 0.6) is 0 Å². The van der Waals surface area contributed by atoms with E-state index in [0.717, 1.165) is 100.0 Å². The molecule has 63 heavy (non-hydrogen) atoms. The number of piperazine rings is 1. The minimum absolute atomic E-state index is 0.0607. The standard InChI is InChI=1S/C47H49ClF3N5O3S4/c1-5-56-33(4)46(62(57)32(2)3)44(45(56)34-14-16-36(48)17-15-34)35-10-9-11-39(30-35)55-27-25-54(26-28-55)38-20-18-37(19-21-38)53-61-41-22-23-42(43(31-41)63(58,59)47(49,50)51)52-24-29-60-40-12-7-6-8-13-40/h6-23,30-32,52-53H,5,24-29H2,1-4H3. The number of hydrogen-bond acceptors (Lipinski definition) is 9. The summed E-state index contributed by atoms with van der Waals surface area (Å²) in [5.41, 5.74) is 2.33. The summed E-state index contributed by atoms with van der Waals surface area (Å²) in [6.45, 7) is 12.3. The Balaban J connectivity index is 1.01. The van der Waals surface area contributed by atoms with Crippen molar-refractivity contribution in [1.82, 2.24) is 4.57 Å². The largest absolute Gasteiger partial charge is 0.611 e. The van der Waals surface area contributed by atoms with Crippen molar-refractivity contribution in [2.45, 2.75) is 64.6 Å². The van der Waals surface area contributed by atoms with Gasteiger partial charge in [0, 0.05) is 76.9 Å². The summed E-state index contributed by atoms with van der Waals surface area (Å²) in [7, 11) is -5.62. The highest BCUT2D eigenvalue weighted by molar-refractivity contribution is 8.00. The van der Waals surface area contributed by atoms with E-state index in [-0.39, 0.29) is 17.5 Å². The fourth-order valence-electron chi connectivity index (χ4n) is 7.64. The van der Waals surface area contributed by atoms with Crippen molar-refractivity contribution in [3.8, 4) is 22.4 Å². The first-order chi connectivity index (χ1) is 30.2. The van der Waals surface area contributed by atoms with Crippen molar-refractivity contribution < 1.29 is 26.1 Å². The van der Waals surface area contributed by atoms with E-state index in [1.165, 1.54) is 17.8 Å². The van der Waals surface area contributed by atoms with Crippen LogP contribution in [0.3, 0.4) is 0 Å². The van der Waals surface area contributed by atoms with E-state index >= 15 is 0 Å². The maximum absolute atomic E-state index is 14.0. The Morgan fingerprint density at radius 1 is 0.810 bits per heavy atom. The number of nitrogens with zero attached hydrogens (tertiary/aromatic N) is 3. The number of rotatable bonds is 16. The molecule has 1 fully saturated rings. The Morgan fingerprint density at radius 2 is 1.48 bits per heavy atom. The lowest BCUT2D eigenvalue weighted by Gasteiger charge is -2.37. The van der Waals surface area contributed by atoms with Crippen molar-refractivity contribution in [2.24, 2.45) is 0 Å². The molecule has 0 radical (unpaired) electrons. The van der Waals surface area contributed by atoms with Crippen LogP contribution in [0.1, 0.15) is 26.5 Å². The molecule has 1 aliphatic heterocycles. The van der Waals surface area contributed by atoms with Crippen LogP contribution in [0, 0.1) is 6.92 Å². The first-order valence-electron chi connectivity index (χ1n) is 20.6. The normalized spacial score (nSPS) is 14.0. The molecule has 1 aliphatic rings. The summed E-state index contributed by atoms with van der Waals surface area (Å²) in [5.74, 6) is 0.527. The zero-order valence-electron chi connectivity index (χ0n) is 35.3. The van der Waals surface area contributed by atoms with Crippen molar-refractivity contribution in [3.63, 3.8) is 0 Å². The summed E-state index contributed by atoms with van der Waals surface area (Å²) in [6.07, 6.45) is 0. The molecular weight excluding hydrogens is 903 g/mol. The van der Waals surface area contributed by atoms with Gasteiger partial charge in [-0.2, -0.15) is 13.2 Å². The molecule has 2 heterocycles. The highest BCUT2D eigenvalue weighted by atomic mass is 35.5. The first kappa shape index (κ1) is 46.6. The van der Waals surface area contributed by atoms with Gasteiger partial charge < -0.3 is 29.0 Å². The Morgan fingerprint density at radius 3 is 2.11 bits per heavy atom. The molecule has 8 nitrogen and oxygen atoms in total. The van der Waals surface area contributed by atoms with E-state index in [1.807, 2.05) is 92.7 Å². The Kier molecular flexibility index (Phi) is 14.9. The van der Waals surface area contributed by atoms with Crippen LogP contribution in [0.4, 0.5) is 35.9 Å². The van der Waals surface area contributed by atoms with E-state index in [9.17, 15) is 26.1 Å². The summed E-state index contributed by atoms with van der Waals surface area (Å²) in [4.78, 5) is 6.05. The minimum Gasteiger partial charge on any atom is -0.611 e. The van der Waals surface area contributed by atoms with Crippen LogP contribution in [0.2, 0.25) is 5.02 Å². The van der Waals surface area contributed by atoms with Gasteiger partial charge in [0.05, 0.1) is 22.6 Å². The average Bonchev–Trinajstić information content (AvgIpc) is 3.58. The number of alkyl halides is 3. The number of aromatic nitrogens is 1. The lowest BCUT2D eigenvalue weighted by molar-refractivity contribution is -0.0435. The van der Waals surface area contributed by atoms with Crippen LogP contribution >= 0.6 is 35.3 Å². The molecule has 332 valence electrons. The third kappa shape index (κ3) is 10.6. The molecule has 1 atom stereocenters. The molecular formula is C47H49ClF3N5O3S4. The van der Waals surface area contributed by atoms with Crippen LogP contribution in [-0.4, -0.2) is 66.8 Å². The Hall–Kier alpha value is -4.38. The molecule has 1 unspecified atom stereocenters. The molecule has 0 aliphatic carbocycles. The van der Waals surface area contributed by atoms with Crippen LogP contribution < -0.4 is 19.8 Å². The summed E-state index contributed by atoms with van der Waals surface area (Å²) in [6, 6.07) is 37.7. The van der Waals surface area contributed by atoms with Gasteiger partial charge in [0.1, 0.15) is 10.1 Å². The molecule has 5 aromatic carbocycles. The van der Waals surface area contributed by atoms with Crippen molar-refractivity contribution in [3.05, 3.63) is 132 Å². The maximum Gasteiger partial charge on any atom is 0.501 e. The number of sulfone groups is 1. The number of nitrogens with one attached hydrogen (secondary N) is 2. The monoisotopic (exact) mass is 951 g/mol. The molecule has 0 spiro atoms. The number of halogens is 4. The second-order valence-electron chi connectivity index (χ2n) is 15.2. The molecule has 16 heteroatoms. The van der Waals surface area contributed by atoms with E-state index < -0.39 is 31.4 Å². The predicted octanol–water partition coefficient (Wildman–Crippen LogP) is 12.3. The first-order valence-corrected chi connectivity index (χ1v) is 25.4. The summed E-state index contributed by atoms with van der Waals surface area (Å²) in [5, 5.41) is 3.49. The molecule has 0 bridgehead atoms. The highest BCUT2D eigenvalue weighted by Gasteiger charge is 2.48. The van der Waals surface area contributed by atoms with Gasteiger partial charge in [0.25, 0.3) is 9.84 Å². The van der Waals surface area contributed by atoms with Crippen molar-refractivity contribution in [1.29, 1.82) is 0 Å².